The number of hydrogen-bond acceptors (Lipinski definition) is 8. The second-order valence-corrected chi connectivity index (χ2v) is 11.6. The number of carbonyl (C=O) groups excluding carboxylic acids is 2. The maximum absolute atomic E-state index is 13.8. The Kier molecular flexibility index (Phi) is 9.44. The van der Waals surface area contributed by atoms with Gasteiger partial charge in [0.1, 0.15) is 5.75 Å². The highest BCUT2D eigenvalue weighted by Gasteiger charge is 2.33. The third-order valence-corrected chi connectivity index (χ3v) is 8.24. The van der Waals surface area contributed by atoms with Crippen LogP contribution in [0.3, 0.4) is 0 Å². The maximum Gasteiger partial charge on any atom is 0.344 e. The Labute approximate surface area is 251 Å². The summed E-state index contributed by atoms with van der Waals surface area (Å²) in [4.78, 5) is 43.6. The van der Waals surface area contributed by atoms with E-state index >= 15 is 0 Å². The van der Waals surface area contributed by atoms with Crippen molar-refractivity contribution in [2.45, 2.75) is 33.7 Å². The van der Waals surface area contributed by atoms with E-state index in [-0.39, 0.29) is 25.4 Å². The van der Waals surface area contributed by atoms with Crippen molar-refractivity contribution in [1.29, 1.82) is 0 Å². The zero-order valence-electron chi connectivity index (χ0n) is 21.7. The fourth-order valence-electron chi connectivity index (χ4n) is 4.14. The molecule has 3 aromatic rings. The van der Waals surface area contributed by atoms with Gasteiger partial charge in [-0.2, -0.15) is 0 Å². The van der Waals surface area contributed by atoms with E-state index in [2.05, 4.69) is 43.5 Å². The van der Waals surface area contributed by atoms with Crippen LogP contribution in [0.2, 0.25) is 0 Å². The Morgan fingerprint density at radius 1 is 1.13 bits per heavy atom. The molecule has 0 radical (unpaired) electrons. The summed E-state index contributed by atoms with van der Waals surface area (Å²) in [6.07, 6.45) is 1.78. The molecule has 0 aliphatic carbocycles. The summed E-state index contributed by atoms with van der Waals surface area (Å²) in [5.41, 5.74) is 3.23. The lowest BCUT2D eigenvalue weighted by atomic mass is 9.95. The van der Waals surface area contributed by atoms with Gasteiger partial charge in [-0.15, -0.1) is 0 Å². The van der Waals surface area contributed by atoms with E-state index in [4.69, 9.17) is 14.2 Å². The average molecular weight is 725 g/mol. The molecule has 1 atom stereocenters. The van der Waals surface area contributed by atoms with Gasteiger partial charge in [-0.25, -0.2) is 14.6 Å². The standard InChI is InChI=1S/C28H26BrIN2O6S/c1-5-36-22(33)14-38-25-19(29)11-17(12-20(25)30)13-21-26(34)32-24(18-9-7-15(3)8-10-18)23(27(35)37-6-2)16(4)31-28(32)39-21/h7-13,24H,5-6,14H2,1-4H3/b21-13+/t24-/m1/s1. The minimum absolute atomic E-state index is 0.207. The number of fused-ring (bicyclic) bond motifs is 1. The lowest BCUT2D eigenvalue weighted by molar-refractivity contribution is -0.145. The first kappa shape index (κ1) is 29.2. The number of carbonyl (C=O) groups is 2. The summed E-state index contributed by atoms with van der Waals surface area (Å²) < 4.78 is 19.3. The lowest BCUT2D eigenvalue weighted by Crippen LogP contribution is -2.39. The second kappa shape index (κ2) is 12.6. The van der Waals surface area contributed by atoms with Gasteiger partial charge < -0.3 is 14.2 Å². The van der Waals surface area contributed by atoms with Crippen molar-refractivity contribution < 1.29 is 23.8 Å². The number of allylic oxidation sites excluding steroid dienone is 1. The molecule has 1 aliphatic rings. The average Bonchev–Trinajstić information content (AvgIpc) is 3.17. The van der Waals surface area contributed by atoms with Crippen molar-refractivity contribution in [2.75, 3.05) is 19.8 Å². The number of ether oxygens (including phenoxy) is 3. The van der Waals surface area contributed by atoms with E-state index in [9.17, 15) is 14.4 Å². The van der Waals surface area contributed by atoms with Gasteiger partial charge >= 0.3 is 11.9 Å². The van der Waals surface area contributed by atoms with E-state index < -0.39 is 18.0 Å². The first-order chi connectivity index (χ1) is 18.6. The fourth-order valence-corrected chi connectivity index (χ4v) is 6.96. The van der Waals surface area contributed by atoms with Crippen LogP contribution in [0, 0.1) is 10.5 Å². The molecule has 1 aromatic heterocycles. The predicted octanol–water partition coefficient (Wildman–Crippen LogP) is 4.42. The number of halogens is 2. The highest BCUT2D eigenvalue weighted by molar-refractivity contribution is 14.1. The highest BCUT2D eigenvalue weighted by Crippen LogP contribution is 2.33. The van der Waals surface area contributed by atoms with E-state index in [1.807, 2.05) is 43.3 Å². The number of rotatable bonds is 8. The van der Waals surface area contributed by atoms with E-state index in [1.165, 1.54) is 11.3 Å². The minimum atomic E-state index is -0.659. The molecule has 0 fully saturated rings. The molecule has 1 aliphatic heterocycles. The van der Waals surface area contributed by atoms with E-state index in [1.54, 1.807) is 31.4 Å². The normalized spacial score (nSPS) is 15.0. The molecule has 0 saturated carbocycles. The van der Waals surface area contributed by atoms with Crippen LogP contribution < -0.4 is 19.6 Å². The number of hydrogen-bond donors (Lipinski definition) is 0. The fraction of sp³-hybridized carbons (Fsp3) is 0.286. The van der Waals surface area contributed by atoms with Crippen molar-refractivity contribution in [2.24, 2.45) is 4.99 Å². The molecule has 0 unspecified atom stereocenters. The molecule has 204 valence electrons. The number of aryl methyl sites for hydroxylation is 1. The first-order valence-electron chi connectivity index (χ1n) is 12.2. The maximum atomic E-state index is 13.8. The van der Waals surface area contributed by atoms with Crippen LogP contribution in [0.5, 0.6) is 5.75 Å². The van der Waals surface area contributed by atoms with E-state index in [0.717, 1.165) is 20.3 Å². The Morgan fingerprint density at radius 2 is 1.82 bits per heavy atom. The van der Waals surface area contributed by atoms with Crippen molar-refractivity contribution in [3.8, 4) is 5.75 Å². The molecule has 39 heavy (non-hydrogen) atoms. The van der Waals surface area contributed by atoms with Gasteiger partial charge in [0.15, 0.2) is 11.4 Å². The molecule has 11 heteroatoms. The monoisotopic (exact) mass is 724 g/mol. The summed E-state index contributed by atoms with van der Waals surface area (Å²) in [6, 6.07) is 10.8. The summed E-state index contributed by atoms with van der Waals surface area (Å²) in [7, 11) is 0. The van der Waals surface area contributed by atoms with Crippen molar-refractivity contribution in [3.05, 3.63) is 92.1 Å². The summed E-state index contributed by atoms with van der Waals surface area (Å²) in [5, 5.41) is 0. The summed E-state index contributed by atoms with van der Waals surface area (Å²) in [6.45, 7) is 7.51. The Bertz CT molecular complexity index is 1620. The van der Waals surface area contributed by atoms with Crippen LogP contribution in [0.15, 0.2) is 61.9 Å². The van der Waals surface area contributed by atoms with Gasteiger partial charge in [0.2, 0.25) is 0 Å². The van der Waals surface area contributed by atoms with Crippen LogP contribution in [-0.2, 0) is 19.1 Å². The lowest BCUT2D eigenvalue weighted by Gasteiger charge is -2.24. The largest absolute Gasteiger partial charge is 0.480 e. The summed E-state index contributed by atoms with van der Waals surface area (Å²) in [5.74, 6) is -0.433. The number of nitrogens with zero attached hydrogens (tertiary/aromatic N) is 2. The number of aromatic nitrogens is 1. The molecule has 0 spiro atoms. The topological polar surface area (TPSA) is 96.2 Å². The molecule has 8 nitrogen and oxygen atoms in total. The van der Waals surface area contributed by atoms with Gasteiger partial charge in [0.05, 0.1) is 43.1 Å². The molecule has 2 aromatic carbocycles. The highest BCUT2D eigenvalue weighted by atomic mass is 127. The SMILES string of the molecule is CCOC(=O)COc1c(Br)cc(/C=c2/sc3n(c2=O)[C@H](c2ccc(C)cc2)C(C(=O)OCC)=C(C)N=3)cc1I. The van der Waals surface area contributed by atoms with Gasteiger partial charge in [-0.05, 0) is 95.6 Å². The molecule has 0 saturated heterocycles. The van der Waals surface area contributed by atoms with Gasteiger partial charge in [0.25, 0.3) is 5.56 Å². The smallest absolute Gasteiger partial charge is 0.344 e. The number of thiazole rings is 1. The predicted molar refractivity (Wildman–Crippen MR) is 161 cm³/mol. The molecule has 4 rings (SSSR count). The third kappa shape index (κ3) is 6.36. The first-order valence-corrected chi connectivity index (χ1v) is 14.9. The molecule has 2 heterocycles. The Balaban J connectivity index is 1.80. The van der Waals surface area contributed by atoms with Gasteiger partial charge in [0, 0.05) is 0 Å². The zero-order valence-corrected chi connectivity index (χ0v) is 26.3. The minimum Gasteiger partial charge on any atom is -0.480 e. The van der Waals surface area contributed by atoms with Gasteiger partial charge in [-0.1, -0.05) is 41.2 Å². The van der Waals surface area contributed by atoms with Crippen molar-refractivity contribution in [1.82, 2.24) is 4.57 Å². The van der Waals surface area contributed by atoms with Crippen molar-refractivity contribution >= 4 is 67.9 Å². The number of esters is 2. The molecule has 0 amide bonds. The third-order valence-electron chi connectivity index (χ3n) is 5.87. The summed E-state index contributed by atoms with van der Waals surface area (Å²) >= 11 is 6.88. The van der Waals surface area contributed by atoms with Gasteiger partial charge in [-0.3, -0.25) is 9.36 Å². The quantitative estimate of drug-likeness (QED) is 0.252. The second-order valence-electron chi connectivity index (χ2n) is 8.62. The molecular weight excluding hydrogens is 699 g/mol. The van der Waals surface area contributed by atoms with Crippen LogP contribution in [0.25, 0.3) is 6.08 Å². The van der Waals surface area contributed by atoms with Crippen LogP contribution in [-0.4, -0.2) is 36.3 Å². The van der Waals surface area contributed by atoms with Crippen LogP contribution in [0.1, 0.15) is 43.5 Å². The van der Waals surface area contributed by atoms with Crippen LogP contribution in [0.4, 0.5) is 0 Å². The molecule has 0 N–H and O–H groups in total. The zero-order chi connectivity index (χ0) is 28.3. The van der Waals surface area contributed by atoms with Crippen molar-refractivity contribution in [3.63, 3.8) is 0 Å². The Morgan fingerprint density at radius 3 is 2.46 bits per heavy atom. The molecule has 0 bridgehead atoms. The number of benzene rings is 2. The van der Waals surface area contributed by atoms with Crippen LogP contribution >= 0.6 is 49.9 Å². The molecular formula is C28H26BrIN2O6S. The Hall–Kier alpha value is -2.77. The van der Waals surface area contributed by atoms with E-state index in [0.29, 0.717) is 30.8 Å².